The van der Waals surface area contributed by atoms with E-state index in [0.717, 1.165) is 18.4 Å². The SMILES string of the molecule is CCCCCCCCC(O)c1ccsc1C. The summed E-state index contributed by atoms with van der Waals surface area (Å²) in [5.41, 5.74) is 1.14. The lowest BCUT2D eigenvalue weighted by Gasteiger charge is -2.10. The van der Waals surface area contributed by atoms with E-state index in [1.54, 1.807) is 11.3 Å². The number of unbranched alkanes of at least 4 members (excludes halogenated alkanes) is 5. The van der Waals surface area contributed by atoms with Gasteiger partial charge in [-0.3, -0.25) is 0 Å². The van der Waals surface area contributed by atoms with E-state index in [-0.39, 0.29) is 6.10 Å². The molecule has 0 amide bonds. The Kier molecular flexibility index (Phi) is 6.74. The predicted molar refractivity (Wildman–Crippen MR) is 72.0 cm³/mol. The third kappa shape index (κ3) is 4.67. The van der Waals surface area contributed by atoms with Crippen molar-refractivity contribution in [1.82, 2.24) is 0 Å². The van der Waals surface area contributed by atoms with Gasteiger partial charge in [-0.25, -0.2) is 0 Å². The van der Waals surface area contributed by atoms with Crippen molar-refractivity contribution in [3.05, 3.63) is 21.9 Å². The molecular formula is C14H24OS. The smallest absolute Gasteiger partial charge is 0.0800 e. The number of aliphatic hydroxyl groups is 1. The van der Waals surface area contributed by atoms with Gasteiger partial charge in [0.2, 0.25) is 0 Å². The lowest BCUT2D eigenvalue weighted by Crippen LogP contribution is -1.97. The van der Waals surface area contributed by atoms with Crippen molar-refractivity contribution >= 4 is 11.3 Å². The molecule has 0 aliphatic carbocycles. The Morgan fingerprint density at radius 3 is 2.50 bits per heavy atom. The molecule has 2 heteroatoms. The first-order valence-corrected chi connectivity index (χ1v) is 7.35. The summed E-state index contributed by atoms with van der Waals surface area (Å²) in [6.45, 7) is 4.33. The van der Waals surface area contributed by atoms with Crippen molar-refractivity contribution in [2.75, 3.05) is 0 Å². The van der Waals surface area contributed by atoms with Crippen LogP contribution in [0.25, 0.3) is 0 Å². The number of aryl methyl sites for hydroxylation is 1. The summed E-state index contributed by atoms with van der Waals surface area (Å²) >= 11 is 1.72. The second-order valence-electron chi connectivity index (χ2n) is 4.50. The highest BCUT2D eigenvalue weighted by atomic mass is 32.1. The Morgan fingerprint density at radius 2 is 1.88 bits per heavy atom. The predicted octanol–water partition coefficient (Wildman–Crippen LogP) is 4.84. The molecule has 16 heavy (non-hydrogen) atoms. The molecule has 0 bridgehead atoms. The summed E-state index contributed by atoms with van der Waals surface area (Å²) in [5, 5.41) is 12.1. The molecule has 0 saturated heterocycles. The molecule has 0 fully saturated rings. The van der Waals surface area contributed by atoms with E-state index in [4.69, 9.17) is 0 Å². The quantitative estimate of drug-likeness (QED) is 0.645. The van der Waals surface area contributed by atoms with Crippen LogP contribution in [0.15, 0.2) is 11.4 Å². The third-order valence-corrected chi connectivity index (χ3v) is 3.95. The minimum absolute atomic E-state index is 0.238. The Labute approximate surface area is 104 Å². The fourth-order valence-corrected chi connectivity index (χ4v) is 2.77. The summed E-state index contributed by atoms with van der Waals surface area (Å²) in [6, 6.07) is 2.06. The molecule has 1 aromatic heterocycles. The van der Waals surface area contributed by atoms with Crippen LogP contribution in [0.1, 0.15) is 68.4 Å². The lowest BCUT2D eigenvalue weighted by molar-refractivity contribution is 0.163. The van der Waals surface area contributed by atoms with Gasteiger partial charge in [-0.05, 0) is 30.4 Å². The monoisotopic (exact) mass is 240 g/mol. The Bertz CT molecular complexity index is 280. The van der Waals surface area contributed by atoms with Crippen LogP contribution in [0.3, 0.4) is 0 Å². The van der Waals surface area contributed by atoms with Gasteiger partial charge < -0.3 is 5.11 Å². The highest BCUT2D eigenvalue weighted by molar-refractivity contribution is 7.10. The number of hydrogen-bond acceptors (Lipinski definition) is 2. The van der Waals surface area contributed by atoms with Crippen molar-refractivity contribution in [2.24, 2.45) is 0 Å². The Hall–Kier alpha value is -0.340. The Balaban J connectivity index is 2.11. The van der Waals surface area contributed by atoms with E-state index in [1.165, 1.54) is 37.0 Å². The van der Waals surface area contributed by atoms with Gasteiger partial charge >= 0.3 is 0 Å². The topological polar surface area (TPSA) is 20.2 Å². The molecule has 1 atom stereocenters. The van der Waals surface area contributed by atoms with Crippen molar-refractivity contribution in [1.29, 1.82) is 0 Å². The van der Waals surface area contributed by atoms with E-state index in [9.17, 15) is 5.11 Å². The summed E-state index contributed by atoms with van der Waals surface area (Å²) in [5.74, 6) is 0. The van der Waals surface area contributed by atoms with Gasteiger partial charge in [0.25, 0.3) is 0 Å². The van der Waals surface area contributed by atoms with Crippen molar-refractivity contribution in [3.63, 3.8) is 0 Å². The molecule has 0 aliphatic heterocycles. The molecule has 0 saturated carbocycles. The van der Waals surface area contributed by atoms with E-state index in [0.29, 0.717) is 0 Å². The minimum Gasteiger partial charge on any atom is -0.388 e. The largest absolute Gasteiger partial charge is 0.388 e. The van der Waals surface area contributed by atoms with E-state index in [1.807, 2.05) is 0 Å². The first kappa shape index (κ1) is 13.7. The third-order valence-electron chi connectivity index (χ3n) is 3.09. The zero-order chi connectivity index (χ0) is 11.8. The zero-order valence-corrected chi connectivity index (χ0v) is 11.4. The molecule has 0 aliphatic rings. The van der Waals surface area contributed by atoms with Gasteiger partial charge in [-0.1, -0.05) is 45.4 Å². The maximum atomic E-state index is 10.00. The molecule has 1 aromatic rings. The molecule has 0 radical (unpaired) electrons. The number of hydrogen-bond donors (Lipinski definition) is 1. The summed E-state index contributed by atoms with van der Waals surface area (Å²) < 4.78 is 0. The second-order valence-corrected chi connectivity index (χ2v) is 5.62. The van der Waals surface area contributed by atoms with Gasteiger partial charge in [0.15, 0.2) is 0 Å². The van der Waals surface area contributed by atoms with Crippen LogP contribution < -0.4 is 0 Å². The van der Waals surface area contributed by atoms with Gasteiger partial charge in [-0.15, -0.1) is 11.3 Å². The average Bonchev–Trinajstić information content (AvgIpc) is 2.69. The maximum absolute atomic E-state index is 10.00. The van der Waals surface area contributed by atoms with Crippen molar-refractivity contribution in [3.8, 4) is 0 Å². The van der Waals surface area contributed by atoms with Crippen LogP contribution in [0.4, 0.5) is 0 Å². The fraction of sp³-hybridized carbons (Fsp3) is 0.714. The lowest BCUT2D eigenvalue weighted by atomic mass is 10.0. The number of thiophene rings is 1. The van der Waals surface area contributed by atoms with Gasteiger partial charge in [-0.2, -0.15) is 0 Å². The van der Waals surface area contributed by atoms with Crippen LogP contribution in [0, 0.1) is 6.92 Å². The normalized spacial score (nSPS) is 12.9. The Morgan fingerprint density at radius 1 is 1.19 bits per heavy atom. The van der Waals surface area contributed by atoms with Crippen molar-refractivity contribution < 1.29 is 5.11 Å². The standard InChI is InChI=1S/C14H24OS/c1-3-4-5-6-7-8-9-14(15)13-10-11-16-12(13)2/h10-11,14-15H,3-9H2,1-2H3. The zero-order valence-electron chi connectivity index (χ0n) is 10.5. The molecule has 1 nitrogen and oxygen atoms in total. The average molecular weight is 240 g/mol. The van der Waals surface area contributed by atoms with Crippen LogP contribution >= 0.6 is 11.3 Å². The van der Waals surface area contributed by atoms with Crippen molar-refractivity contribution in [2.45, 2.75) is 64.9 Å². The first-order chi connectivity index (χ1) is 7.75. The maximum Gasteiger partial charge on any atom is 0.0800 e. The van der Waals surface area contributed by atoms with Crippen LogP contribution in [0.5, 0.6) is 0 Å². The molecular weight excluding hydrogens is 216 g/mol. The van der Waals surface area contributed by atoms with E-state index < -0.39 is 0 Å². The second kappa shape index (κ2) is 7.86. The minimum atomic E-state index is -0.238. The van der Waals surface area contributed by atoms with E-state index >= 15 is 0 Å². The highest BCUT2D eigenvalue weighted by Crippen LogP contribution is 2.26. The highest BCUT2D eigenvalue weighted by Gasteiger charge is 2.10. The van der Waals surface area contributed by atoms with E-state index in [2.05, 4.69) is 25.3 Å². The molecule has 0 spiro atoms. The summed E-state index contributed by atoms with van der Waals surface area (Å²) in [4.78, 5) is 1.26. The molecule has 1 heterocycles. The fourth-order valence-electron chi connectivity index (χ4n) is 2.01. The first-order valence-electron chi connectivity index (χ1n) is 6.47. The van der Waals surface area contributed by atoms with Crippen LogP contribution in [-0.2, 0) is 0 Å². The van der Waals surface area contributed by atoms with Gasteiger partial charge in [0.05, 0.1) is 6.10 Å². The molecule has 1 unspecified atom stereocenters. The van der Waals surface area contributed by atoms with Crippen LogP contribution in [-0.4, -0.2) is 5.11 Å². The molecule has 1 N–H and O–H groups in total. The molecule has 1 rings (SSSR count). The number of aliphatic hydroxyl groups excluding tert-OH is 1. The van der Waals surface area contributed by atoms with Gasteiger partial charge in [0.1, 0.15) is 0 Å². The van der Waals surface area contributed by atoms with Gasteiger partial charge in [0, 0.05) is 4.88 Å². The molecule has 92 valence electrons. The molecule has 0 aromatic carbocycles. The van der Waals surface area contributed by atoms with Crippen LogP contribution in [0.2, 0.25) is 0 Å². The summed E-state index contributed by atoms with van der Waals surface area (Å²) in [6.07, 6.45) is 8.43. The summed E-state index contributed by atoms with van der Waals surface area (Å²) in [7, 11) is 0. The number of rotatable bonds is 8.